The molecule has 1 unspecified atom stereocenters. The van der Waals surface area contributed by atoms with Gasteiger partial charge in [0.05, 0.1) is 16.3 Å². The Balaban J connectivity index is 1.98. The van der Waals surface area contributed by atoms with Crippen molar-refractivity contribution in [3.63, 3.8) is 0 Å². The van der Waals surface area contributed by atoms with Crippen LogP contribution in [0.25, 0.3) is 0 Å². The smallest absolute Gasteiger partial charge is 0.161 e. The number of hydrogen-bond acceptors (Lipinski definition) is 5. The average molecular weight is 315 g/mol. The van der Waals surface area contributed by atoms with Crippen molar-refractivity contribution in [3.05, 3.63) is 40.3 Å². The van der Waals surface area contributed by atoms with Crippen LogP contribution in [0.2, 0.25) is 10.0 Å². The Labute approximate surface area is 127 Å². The molecule has 2 aromatic rings. The average Bonchev–Trinajstić information content (AvgIpc) is 2.93. The third kappa shape index (κ3) is 3.79. The number of halogens is 2. The highest BCUT2D eigenvalue weighted by atomic mass is 35.5. The number of rotatable bonds is 6. The summed E-state index contributed by atoms with van der Waals surface area (Å²) >= 11 is 12.0. The Morgan fingerprint density at radius 2 is 2.10 bits per heavy atom. The number of aromatic nitrogens is 1. The van der Waals surface area contributed by atoms with Gasteiger partial charge in [-0.05, 0) is 31.5 Å². The lowest BCUT2D eigenvalue weighted by Gasteiger charge is -2.16. The van der Waals surface area contributed by atoms with Crippen LogP contribution in [0.15, 0.2) is 28.9 Å². The Kier molecular flexibility index (Phi) is 5.11. The van der Waals surface area contributed by atoms with E-state index in [1.165, 1.54) is 0 Å². The SMILES string of the molecule is CC(CCc1ccco1)Nc1nc(NN)c(Cl)cc1Cl. The van der Waals surface area contributed by atoms with Gasteiger partial charge in [-0.15, -0.1) is 0 Å². The van der Waals surface area contributed by atoms with Crippen LogP contribution in [0.4, 0.5) is 11.6 Å². The van der Waals surface area contributed by atoms with Crippen molar-refractivity contribution < 1.29 is 4.42 Å². The maximum Gasteiger partial charge on any atom is 0.161 e. The van der Waals surface area contributed by atoms with Gasteiger partial charge >= 0.3 is 0 Å². The molecule has 7 heteroatoms. The largest absolute Gasteiger partial charge is 0.469 e. The van der Waals surface area contributed by atoms with E-state index in [0.29, 0.717) is 21.7 Å². The summed E-state index contributed by atoms with van der Waals surface area (Å²) in [4.78, 5) is 4.24. The first kappa shape index (κ1) is 15.0. The predicted molar refractivity (Wildman–Crippen MR) is 82.2 cm³/mol. The number of nitrogens with one attached hydrogen (secondary N) is 2. The fourth-order valence-corrected chi connectivity index (χ4v) is 2.26. The Bertz CT molecular complexity index is 560. The summed E-state index contributed by atoms with van der Waals surface area (Å²) in [6.45, 7) is 2.05. The molecular formula is C13H16Cl2N4O. The van der Waals surface area contributed by atoms with E-state index in [0.717, 1.165) is 18.6 Å². The maximum absolute atomic E-state index is 6.11. The number of anilines is 2. The highest BCUT2D eigenvalue weighted by molar-refractivity contribution is 6.37. The van der Waals surface area contributed by atoms with Crippen LogP contribution in [-0.4, -0.2) is 11.0 Å². The molecule has 2 rings (SSSR count). The van der Waals surface area contributed by atoms with Gasteiger partial charge in [0.2, 0.25) is 0 Å². The molecule has 0 saturated carbocycles. The van der Waals surface area contributed by atoms with E-state index in [2.05, 4.69) is 15.7 Å². The first-order chi connectivity index (χ1) is 9.60. The molecule has 0 aliphatic heterocycles. The van der Waals surface area contributed by atoms with Crippen molar-refractivity contribution in [2.75, 3.05) is 10.7 Å². The van der Waals surface area contributed by atoms with Crippen molar-refractivity contribution in [1.82, 2.24) is 4.98 Å². The van der Waals surface area contributed by atoms with E-state index in [1.807, 2.05) is 19.1 Å². The van der Waals surface area contributed by atoms with Crippen LogP contribution < -0.4 is 16.6 Å². The molecular weight excluding hydrogens is 299 g/mol. The Hall–Kier alpha value is -1.43. The molecule has 0 aliphatic carbocycles. The van der Waals surface area contributed by atoms with Gasteiger partial charge in [-0.3, -0.25) is 0 Å². The minimum Gasteiger partial charge on any atom is -0.469 e. The monoisotopic (exact) mass is 314 g/mol. The van der Waals surface area contributed by atoms with Crippen LogP contribution in [0, 0.1) is 0 Å². The van der Waals surface area contributed by atoms with Gasteiger partial charge in [0.15, 0.2) is 5.82 Å². The van der Waals surface area contributed by atoms with Gasteiger partial charge in [-0.25, -0.2) is 10.8 Å². The van der Waals surface area contributed by atoms with Crippen molar-refractivity contribution >= 4 is 34.8 Å². The zero-order valence-corrected chi connectivity index (χ0v) is 12.5. The molecule has 0 aliphatic rings. The molecule has 0 spiro atoms. The lowest BCUT2D eigenvalue weighted by molar-refractivity contribution is 0.495. The minimum atomic E-state index is 0.178. The van der Waals surface area contributed by atoms with Crippen LogP contribution in [0.5, 0.6) is 0 Å². The zero-order chi connectivity index (χ0) is 14.5. The summed E-state index contributed by atoms with van der Waals surface area (Å²) in [6, 6.07) is 5.62. The second-order valence-corrected chi connectivity index (χ2v) is 5.27. The van der Waals surface area contributed by atoms with E-state index < -0.39 is 0 Å². The third-order valence-corrected chi connectivity index (χ3v) is 3.43. The number of nitrogen functional groups attached to an aromatic ring is 1. The van der Waals surface area contributed by atoms with Gasteiger partial charge in [0.1, 0.15) is 11.6 Å². The highest BCUT2D eigenvalue weighted by Crippen LogP contribution is 2.29. The molecule has 4 N–H and O–H groups in total. The normalized spacial score (nSPS) is 12.2. The molecule has 2 heterocycles. The van der Waals surface area contributed by atoms with Gasteiger partial charge in [-0.2, -0.15) is 0 Å². The fraction of sp³-hybridized carbons (Fsp3) is 0.308. The molecule has 20 heavy (non-hydrogen) atoms. The molecule has 0 amide bonds. The Morgan fingerprint density at radius 1 is 1.35 bits per heavy atom. The lowest BCUT2D eigenvalue weighted by atomic mass is 10.1. The molecule has 0 saturated heterocycles. The van der Waals surface area contributed by atoms with E-state index >= 15 is 0 Å². The van der Waals surface area contributed by atoms with Gasteiger partial charge < -0.3 is 15.2 Å². The first-order valence-corrected chi connectivity index (χ1v) is 6.97. The third-order valence-electron chi connectivity index (χ3n) is 2.85. The fourth-order valence-electron chi connectivity index (χ4n) is 1.79. The Morgan fingerprint density at radius 3 is 2.75 bits per heavy atom. The lowest BCUT2D eigenvalue weighted by Crippen LogP contribution is -2.18. The molecule has 5 nitrogen and oxygen atoms in total. The predicted octanol–water partition coefficient (Wildman–Crippen LogP) is 3.70. The molecule has 2 aromatic heterocycles. The van der Waals surface area contributed by atoms with Crippen molar-refractivity contribution in [3.8, 4) is 0 Å². The van der Waals surface area contributed by atoms with Gasteiger partial charge in [0, 0.05) is 12.5 Å². The second kappa shape index (κ2) is 6.83. The maximum atomic E-state index is 6.11. The summed E-state index contributed by atoms with van der Waals surface area (Å²) < 4.78 is 5.30. The van der Waals surface area contributed by atoms with E-state index in [1.54, 1.807) is 12.3 Å². The minimum absolute atomic E-state index is 0.178. The van der Waals surface area contributed by atoms with Crippen molar-refractivity contribution in [2.24, 2.45) is 5.84 Å². The van der Waals surface area contributed by atoms with Gasteiger partial charge in [-0.1, -0.05) is 23.2 Å². The van der Waals surface area contributed by atoms with Gasteiger partial charge in [0.25, 0.3) is 0 Å². The number of pyridine rings is 1. The molecule has 0 fully saturated rings. The summed E-state index contributed by atoms with van der Waals surface area (Å²) in [5, 5.41) is 4.07. The van der Waals surface area contributed by atoms with E-state index in [-0.39, 0.29) is 6.04 Å². The number of furan rings is 1. The summed E-state index contributed by atoms with van der Waals surface area (Å²) in [5.74, 6) is 7.24. The number of hydrazine groups is 1. The summed E-state index contributed by atoms with van der Waals surface area (Å²) in [7, 11) is 0. The van der Waals surface area contributed by atoms with Crippen molar-refractivity contribution in [1.29, 1.82) is 0 Å². The topological polar surface area (TPSA) is 76.1 Å². The van der Waals surface area contributed by atoms with Crippen LogP contribution >= 0.6 is 23.2 Å². The van der Waals surface area contributed by atoms with Crippen LogP contribution in [0.1, 0.15) is 19.1 Å². The van der Waals surface area contributed by atoms with Crippen LogP contribution in [-0.2, 0) is 6.42 Å². The summed E-state index contributed by atoms with van der Waals surface area (Å²) in [6.07, 6.45) is 3.40. The zero-order valence-electron chi connectivity index (χ0n) is 11.0. The first-order valence-electron chi connectivity index (χ1n) is 6.21. The molecule has 108 valence electrons. The number of hydrogen-bond donors (Lipinski definition) is 3. The van der Waals surface area contributed by atoms with E-state index in [9.17, 15) is 0 Å². The molecule has 1 atom stereocenters. The molecule has 0 radical (unpaired) electrons. The standard InChI is InChI=1S/C13H16Cl2N4O/c1-8(4-5-9-3-2-6-20-9)17-12-10(14)7-11(15)13(18-12)19-16/h2-3,6-8H,4-5,16H2,1H3,(H2,17,18,19). The number of nitrogens with zero attached hydrogens (tertiary/aromatic N) is 1. The highest BCUT2D eigenvalue weighted by Gasteiger charge is 2.11. The number of aryl methyl sites for hydroxylation is 1. The van der Waals surface area contributed by atoms with Crippen molar-refractivity contribution in [2.45, 2.75) is 25.8 Å². The summed E-state index contributed by atoms with van der Waals surface area (Å²) in [5.41, 5.74) is 2.43. The quantitative estimate of drug-likeness (QED) is 0.560. The second-order valence-electron chi connectivity index (χ2n) is 4.46. The number of nitrogens with two attached hydrogens (primary N) is 1. The molecule has 0 aromatic carbocycles. The van der Waals surface area contributed by atoms with E-state index in [4.69, 9.17) is 33.5 Å². The molecule has 0 bridgehead atoms. The van der Waals surface area contributed by atoms with Crippen LogP contribution in [0.3, 0.4) is 0 Å².